The van der Waals surface area contributed by atoms with Crippen molar-refractivity contribution in [3.8, 4) is 5.75 Å². The molecule has 4 rings (SSSR count). The molecule has 1 aliphatic rings. The van der Waals surface area contributed by atoms with Gasteiger partial charge in [-0.15, -0.1) is 0 Å². The van der Waals surface area contributed by atoms with Gasteiger partial charge in [0.2, 0.25) is 0 Å². The van der Waals surface area contributed by atoms with Gasteiger partial charge in [-0.1, -0.05) is 24.3 Å². The monoisotopic (exact) mass is 432 g/mol. The smallest absolute Gasteiger partial charge is 0.261 e. The summed E-state index contributed by atoms with van der Waals surface area (Å²) in [4.78, 5) is 17.8. The number of ether oxygens (including phenoxy) is 1. The van der Waals surface area contributed by atoms with Crippen LogP contribution in [0.1, 0.15) is 42.0 Å². The van der Waals surface area contributed by atoms with Crippen molar-refractivity contribution in [2.45, 2.75) is 37.8 Å². The van der Waals surface area contributed by atoms with Gasteiger partial charge in [0.1, 0.15) is 11.3 Å². The van der Waals surface area contributed by atoms with E-state index in [4.69, 9.17) is 10.1 Å². The summed E-state index contributed by atoms with van der Waals surface area (Å²) in [6.07, 6.45) is 7.13. The van der Waals surface area contributed by atoms with Gasteiger partial charge in [0.05, 0.1) is 31.0 Å². The summed E-state index contributed by atoms with van der Waals surface area (Å²) in [5, 5.41) is 21.3. The maximum absolute atomic E-state index is 13.3. The number of allylic oxidation sites excluding steroid dienone is 1. The molecule has 3 aromatic rings. The summed E-state index contributed by atoms with van der Waals surface area (Å²) in [6.45, 7) is 0. The van der Waals surface area contributed by atoms with Crippen LogP contribution in [0.5, 0.6) is 5.75 Å². The Hall–Kier alpha value is -3.45. The Bertz CT molecular complexity index is 1210. The second kappa shape index (κ2) is 9.36. The highest BCUT2D eigenvalue weighted by Crippen LogP contribution is 2.30. The Morgan fingerprint density at radius 3 is 2.69 bits per heavy atom. The van der Waals surface area contributed by atoms with Crippen LogP contribution in [0.3, 0.4) is 0 Å². The van der Waals surface area contributed by atoms with E-state index in [9.17, 15) is 9.90 Å². The minimum Gasteiger partial charge on any atom is -0.494 e. The summed E-state index contributed by atoms with van der Waals surface area (Å²) in [5.74, 6) is 0.563. The van der Waals surface area contributed by atoms with Crippen molar-refractivity contribution in [3.05, 3.63) is 76.0 Å². The van der Waals surface area contributed by atoms with E-state index >= 15 is 0 Å². The van der Waals surface area contributed by atoms with Crippen LogP contribution in [0.4, 0.5) is 0 Å². The zero-order valence-corrected chi connectivity index (χ0v) is 18.3. The first-order valence-electron chi connectivity index (χ1n) is 10.8. The molecule has 1 aliphatic carbocycles. The number of rotatable bonds is 7. The van der Waals surface area contributed by atoms with Crippen molar-refractivity contribution in [2.75, 3.05) is 14.2 Å². The summed E-state index contributed by atoms with van der Waals surface area (Å²) in [6, 6.07) is 11.6. The first kappa shape index (κ1) is 21.8. The number of hydrogen-bond donors (Lipinski definition) is 3. The maximum atomic E-state index is 13.3. The average molecular weight is 433 g/mol. The van der Waals surface area contributed by atoms with Gasteiger partial charge in [0.25, 0.3) is 5.56 Å². The lowest BCUT2D eigenvalue weighted by atomic mass is 10.00. The van der Waals surface area contributed by atoms with Crippen molar-refractivity contribution < 1.29 is 9.84 Å². The van der Waals surface area contributed by atoms with Gasteiger partial charge in [-0.05, 0) is 54.5 Å². The SMILES string of the molecule is CN/C=C(\C=N)c1ccc(Cc2cc(OC)c3ncn([C@H]4CCC[C@@H]4O)c(=O)c3c2)cc1. The van der Waals surface area contributed by atoms with E-state index in [2.05, 4.69) is 10.3 Å². The lowest BCUT2D eigenvalue weighted by Gasteiger charge is -2.18. The fourth-order valence-corrected chi connectivity index (χ4v) is 4.43. The number of aliphatic hydroxyl groups is 1. The van der Waals surface area contributed by atoms with Crippen LogP contribution in [0, 0.1) is 5.41 Å². The van der Waals surface area contributed by atoms with Gasteiger partial charge in [0.15, 0.2) is 0 Å². The van der Waals surface area contributed by atoms with Crippen molar-refractivity contribution in [1.82, 2.24) is 14.9 Å². The number of hydrogen-bond acceptors (Lipinski definition) is 6. The van der Waals surface area contributed by atoms with Crippen LogP contribution in [-0.2, 0) is 6.42 Å². The molecule has 0 unspecified atom stereocenters. The zero-order valence-electron chi connectivity index (χ0n) is 18.3. The number of fused-ring (bicyclic) bond motifs is 1. The number of aliphatic hydroxyl groups excluding tert-OH is 1. The van der Waals surface area contributed by atoms with Crippen molar-refractivity contribution in [1.29, 1.82) is 5.41 Å². The van der Waals surface area contributed by atoms with Crippen molar-refractivity contribution in [2.24, 2.45) is 0 Å². The van der Waals surface area contributed by atoms with Crippen LogP contribution < -0.4 is 15.6 Å². The largest absolute Gasteiger partial charge is 0.494 e. The lowest BCUT2D eigenvalue weighted by molar-refractivity contribution is 0.134. The van der Waals surface area contributed by atoms with Crippen LogP contribution in [0.2, 0.25) is 0 Å². The van der Waals surface area contributed by atoms with E-state index in [1.165, 1.54) is 12.5 Å². The molecule has 0 bridgehead atoms. The molecule has 0 amide bonds. The van der Waals surface area contributed by atoms with Gasteiger partial charge < -0.3 is 20.6 Å². The molecule has 0 saturated heterocycles. The first-order chi connectivity index (χ1) is 15.5. The number of methoxy groups -OCH3 is 1. The molecule has 3 N–H and O–H groups in total. The highest BCUT2D eigenvalue weighted by Gasteiger charge is 2.28. The fourth-order valence-electron chi connectivity index (χ4n) is 4.43. The summed E-state index contributed by atoms with van der Waals surface area (Å²) >= 11 is 0. The van der Waals surface area contributed by atoms with Crippen LogP contribution >= 0.6 is 0 Å². The highest BCUT2D eigenvalue weighted by molar-refractivity contribution is 6.08. The third-order valence-corrected chi connectivity index (χ3v) is 6.08. The standard InChI is InChI=1S/C25H28N4O3/c1-27-14-19(13-26)18-8-6-16(7-9-18)10-17-11-20-24(23(12-17)32-2)28-15-29(25(20)31)21-4-3-5-22(21)30/h6-9,11-15,21-22,26-27,30H,3-5,10H2,1-2H3/b19-14+,26-13?/t21-,22-/m0/s1. The molecule has 0 aliphatic heterocycles. The number of nitrogens with one attached hydrogen (secondary N) is 2. The molecule has 1 heterocycles. The summed E-state index contributed by atoms with van der Waals surface area (Å²) in [7, 11) is 3.38. The predicted octanol–water partition coefficient (Wildman–Crippen LogP) is 3.29. The Balaban J connectivity index is 1.70. The summed E-state index contributed by atoms with van der Waals surface area (Å²) in [5.41, 5.74) is 4.17. The molecule has 0 spiro atoms. The molecule has 32 heavy (non-hydrogen) atoms. The lowest BCUT2D eigenvalue weighted by Crippen LogP contribution is -2.29. The maximum Gasteiger partial charge on any atom is 0.261 e. The number of nitrogens with zero attached hydrogens (tertiary/aromatic N) is 2. The molecule has 1 saturated carbocycles. The Morgan fingerprint density at radius 2 is 2.06 bits per heavy atom. The normalized spacial score (nSPS) is 18.7. The van der Waals surface area contributed by atoms with E-state index in [1.54, 1.807) is 24.9 Å². The Labute approximate surface area is 186 Å². The molecule has 7 nitrogen and oxygen atoms in total. The molecular formula is C25H28N4O3. The van der Waals surface area contributed by atoms with E-state index in [0.717, 1.165) is 35.1 Å². The zero-order chi connectivity index (χ0) is 22.7. The van der Waals surface area contributed by atoms with Gasteiger partial charge >= 0.3 is 0 Å². The topological polar surface area (TPSA) is 100 Å². The molecule has 1 fully saturated rings. The van der Waals surface area contributed by atoms with Crippen molar-refractivity contribution >= 4 is 22.7 Å². The fraction of sp³-hybridized carbons (Fsp3) is 0.320. The molecule has 1 aromatic heterocycles. The van der Waals surface area contributed by atoms with Gasteiger partial charge in [-0.2, -0.15) is 0 Å². The van der Waals surface area contributed by atoms with Crippen molar-refractivity contribution in [3.63, 3.8) is 0 Å². The minimum absolute atomic E-state index is 0.149. The van der Waals surface area contributed by atoms with E-state index in [-0.39, 0.29) is 11.6 Å². The Kier molecular flexibility index (Phi) is 6.37. The quantitative estimate of drug-likeness (QED) is 0.498. The molecular weight excluding hydrogens is 404 g/mol. The third kappa shape index (κ3) is 4.16. The summed E-state index contributed by atoms with van der Waals surface area (Å²) < 4.78 is 7.11. The van der Waals surface area contributed by atoms with Crippen LogP contribution in [0.25, 0.3) is 16.5 Å². The molecule has 0 radical (unpaired) electrons. The molecule has 2 atom stereocenters. The second-order valence-corrected chi connectivity index (χ2v) is 8.12. The molecule has 7 heteroatoms. The van der Waals surface area contributed by atoms with Gasteiger partial charge in [0, 0.05) is 25.0 Å². The van der Waals surface area contributed by atoms with E-state index in [1.807, 2.05) is 36.4 Å². The number of aromatic nitrogens is 2. The third-order valence-electron chi connectivity index (χ3n) is 6.08. The Morgan fingerprint density at radius 1 is 1.28 bits per heavy atom. The van der Waals surface area contributed by atoms with Crippen LogP contribution in [0.15, 0.2) is 53.7 Å². The highest BCUT2D eigenvalue weighted by atomic mass is 16.5. The van der Waals surface area contributed by atoms with Gasteiger partial charge in [-0.3, -0.25) is 9.36 Å². The average Bonchev–Trinajstić information content (AvgIpc) is 3.23. The predicted molar refractivity (Wildman–Crippen MR) is 127 cm³/mol. The second-order valence-electron chi connectivity index (χ2n) is 8.12. The van der Waals surface area contributed by atoms with Crippen LogP contribution in [-0.4, -0.2) is 41.1 Å². The van der Waals surface area contributed by atoms with E-state index < -0.39 is 6.10 Å². The van der Waals surface area contributed by atoms with E-state index in [0.29, 0.717) is 29.5 Å². The first-order valence-corrected chi connectivity index (χ1v) is 10.8. The molecule has 2 aromatic carbocycles. The minimum atomic E-state index is -0.515. The van der Waals surface area contributed by atoms with Gasteiger partial charge in [-0.25, -0.2) is 4.98 Å². The number of benzene rings is 2. The molecule has 166 valence electrons.